The van der Waals surface area contributed by atoms with Gasteiger partial charge in [-0.25, -0.2) is 0 Å². The first-order valence-corrected chi connectivity index (χ1v) is 29.0. The van der Waals surface area contributed by atoms with Crippen LogP contribution in [-0.2, 0) is 23.7 Å². The number of carbonyl (C=O) groups excluding carboxylic acids is 1. The van der Waals surface area contributed by atoms with E-state index in [1.165, 1.54) is 148 Å². The summed E-state index contributed by atoms with van der Waals surface area (Å²) in [6.45, 7) is 2.41. The average molecular weight is 1020 g/mol. The molecule has 14 atom stereocenters. The number of carbonyl (C=O) groups is 1. The predicted octanol–water partition coefficient (Wildman–Crippen LogP) is 6.89. The van der Waals surface area contributed by atoms with Crippen LogP contribution in [0.15, 0.2) is 0 Å². The topological polar surface area (TPSA) is 268 Å². The van der Waals surface area contributed by atoms with Crippen LogP contribution in [0.4, 0.5) is 0 Å². The Morgan fingerprint density at radius 1 is 0.465 bits per heavy atom. The monoisotopic (exact) mass is 1020 g/mol. The van der Waals surface area contributed by atoms with Crippen LogP contribution in [0.25, 0.3) is 0 Å². The van der Waals surface area contributed by atoms with E-state index in [1.54, 1.807) is 0 Å². The molecule has 0 saturated carbocycles. The molecule has 422 valence electrons. The first kappa shape index (κ1) is 66.0. The molecule has 0 unspecified atom stereocenters. The summed E-state index contributed by atoms with van der Waals surface area (Å²) in [5, 5.41) is 109. The molecule has 0 bridgehead atoms. The van der Waals surface area contributed by atoms with Crippen LogP contribution < -0.4 is 5.32 Å². The maximum absolute atomic E-state index is 13.4. The molecule has 0 spiro atoms. The van der Waals surface area contributed by atoms with Gasteiger partial charge < -0.3 is 75.3 Å². The van der Waals surface area contributed by atoms with Crippen LogP contribution in [0.5, 0.6) is 0 Å². The smallest absolute Gasteiger partial charge is 0.249 e. The molecule has 2 aliphatic rings. The average Bonchev–Trinajstić information content (AvgIpc) is 3.37. The molecule has 16 heteroatoms. The molecule has 2 rings (SSSR count). The van der Waals surface area contributed by atoms with E-state index < -0.39 is 111 Å². The number of hydrogen-bond donors (Lipinski definition) is 11. The van der Waals surface area contributed by atoms with Crippen molar-refractivity contribution in [1.29, 1.82) is 0 Å². The number of ether oxygens (including phenoxy) is 4. The summed E-state index contributed by atoms with van der Waals surface area (Å²) < 4.78 is 22.9. The van der Waals surface area contributed by atoms with E-state index in [0.717, 1.165) is 51.4 Å². The van der Waals surface area contributed by atoms with Crippen LogP contribution in [0.1, 0.15) is 239 Å². The number of aliphatic hydroxyl groups excluding tert-OH is 10. The molecule has 0 aromatic rings. The van der Waals surface area contributed by atoms with Crippen molar-refractivity contribution in [2.45, 2.75) is 324 Å². The zero-order chi connectivity index (χ0) is 52.1. The summed E-state index contributed by atoms with van der Waals surface area (Å²) in [6.07, 6.45) is 19.2. The fraction of sp³-hybridized carbons (Fsp3) is 0.982. The third-order valence-corrected chi connectivity index (χ3v) is 14.8. The van der Waals surface area contributed by atoms with Crippen molar-refractivity contribution < 1.29 is 74.8 Å². The zero-order valence-electron chi connectivity index (χ0n) is 44.5. The van der Waals surface area contributed by atoms with Crippen molar-refractivity contribution in [3.05, 3.63) is 0 Å². The van der Waals surface area contributed by atoms with E-state index in [2.05, 4.69) is 19.2 Å². The lowest BCUT2D eigenvalue weighted by Crippen LogP contribution is -2.65. The molecule has 16 nitrogen and oxygen atoms in total. The summed E-state index contributed by atoms with van der Waals surface area (Å²) in [5.41, 5.74) is 0. The second kappa shape index (κ2) is 42.1. The number of hydrogen-bond acceptors (Lipinski definition) is 15. The molecule has 71 heavy (non-hydrogen) atoms. The number of aliphatic hydroxyl groups is 10. The normalized spacial score (nSPS) is 26.6. The summed E-state index contributed by atoms with van der Waals surface area (Å²) in [5.74, 6) is -0.772. The Bertz CT molecular complexity index is 1240. The van der Waals surface area contributed by atoms with Gasteiger partial charge in [-0.2, -0.15) is 0 Å². The van der Waals surface area contributed by atoms with Crippen molar-refractivity contribution in [3.63, 3.8) is 0 Å². The Balaban J connectivity index is 1.87. The van der Waals surface area contributed by atoms with Gasteiger partial charge in [0.25, 0.3) is 0 Å². The quantitative estimate of drug-likeness (QED) is 0.0277. The summed E-state index contributed by atoms with van der Waals surface area (Å²) in [7, 11) is 0. The van der Waals surface area contributed by atoms with E-state index >= 15 is 0 Å². The van der Waals surface area contributed by atoms with Crippen LogP contribution in [0.2, 0.25) is 0 Å². The standard InChI is InChI=1S/C55H107NO15/c1-3-5-7-9-11-13-15-17-18-19-20-21-22-23-24-25-27-29-31-33-35-37-43(60)53(67)56-41(46(61)42(59)36-34-32-30-28-26-16-14-12-10-8-6-4-2)40-68-55-52(50(65)48(63)45(39-58)70-55)71-54-51(66)49(64)47(62)44(38-57)69-54/h41-52,54-55,57-66H,3-40H2,1-2H3,(H,56,67)/t41-,42+,43+,44+,45+,46-,47+,48-,49-,50-,51+,52+,54+,55-/m0/s1. The van der Waals surface area contributed by atoms with Crippen molar-refractivity contribution >= 4 is 5.91 Å². The van der Waals surface area contributed by atoms with Gasteiger partial charge in [0.05, 0.1) is 32.0 Å². The Kier molecular flexibility index (Phi) is 39.1. The lowest BCUT2D eigenvalue weighted by atomic mass is 9.97. The fourth-order valence-corrected chi connectivity index (χ4v) is 9.91. The second-order valence-corrected chi connectivity index (χ2v) is 21.1. The molecule has 0 aromatic carbocycles. The third kappa shape index (κ3) is 28.0. The van der Waals surface area contributed by atoms with Gasteiger partial charge in [0.1, 0.15) is 61.0 Å². The lowest BCUT2D eigenvalue weighted by Gasteiger charge is -2.46. The van der Waals surface area contributed by atoms with Gasteiger partial charge in [0.15, 0.2) is 12.6 Å². The highest BCUT2D eigenvalue weighted by molar-refractivity contribution is 5.80. The second-order valence-electron chi connectivity index (χ2n) is 21.1. The maximum atomic E-state index is 13.4. The van der Waals surface area contributed by atoms with Crippen LogP contribution in [0.3, 0.4) is 0 Å². The molecule has 2 saturated heterocycles. The van der Waals surface area contributed by atoms with E-state index in [9.17, 15) is 55.9 Å². The van der Waals surface area contributed by atoms with Crippen LogP contribution in [-0.4, -0.2) is 163 Å². The van der Waals surface area contributed by atoms with Gasteiger partial charge in [0.2, 0.25) is 5.91 Å². The Morgan fingerprint density at radius 3 is 1.21 bits per heavy atom. The fourth-order valence-electron chi connectivity index (χ4n) is 9.91. The molecule has 2 fully saturated rings. The number of rotatable bonds is 46. The van der Waals surface area contributed by atoms with Gasteiger partial charge in [-0.15, -0.1) is 0 Å². The minimum atomic E-state index is -1.87. The number of nitrogens with one attached hydrogen (secondary N) is 1. The van der Waals surface area contributed by atoms with Gasteiger partial charge in [-0.05, 0) is 12.8 Å². The first-order chi connectivity index (χ1) is 34.4. The van der Waals surface area contributed by atoms with E-state index in [-0.39, 0.29) is 12.8 Å². The molecule has 0 aromatic heterocycles. The molecule has 0 radical (unpaired) electrons. The zero-order valence-corrected chi connectivity index (χ0v) is 44.5. The van der Waals surface area contributed by atoms with Crippen molar-refractivity contribution in [3.8, 4) is 0 Å². The SMILES string of the molecule is CCCCCCCCCCCCCCCCCCCCCCC[C@@H](O)C(=O)N[C@@H](CO[C@H]1O[C@H](CO)[C@H](O)[C@H](O)[C@H]1O[C@H]1O[C@H](CO)[C@@H](O)[C@H](O)[C@H]1O)[C@H](O)[C@H](O)CCCCCCCCCCCCCC. The first-order valence-electron chi connectivity index (χ1n) is 29.0. The van der Waals surface area contributed by atoms with Crippen molar-refractivity contribution in [2.75, 3.05) is 19.8 Å². The Hall–Kier alpha value is -1.09. The highest BCUT2D eigenvalue weighted by Gasteiger charge is 2.51. The Morgan fingerprint density at radius 2 is 0.817 bits per heavy atom. The Labute approximate surface area is 429 Å². The number of amides is 1. The van der Waals surface area contributed by atoms with E-state index in [4.69, 9.17) is 18.9 Å². The van der Waals surface area contributed by atoms with Crippen molar-refractivity contribution in [1.82, 2.24) is 5.32 Å². The van der Waals surface area contributed by atoms with Crippen LogP contribution in [0, 0.1) is 0 Å². The van der Waals surface area contributed by atoms with Gasteiger partial charge in [-0.3, -0.25) is 4.79 Å². The summed E-state index contributed by atoms with van der Waals surface area (Å²) in [4.78, 5) is 13.4. The lowest BCUT2D eigenvalue weighted by molar-refractivity contribution is -0.368. The van der Waals surface area contributed by atoms with Crippen LogP contribution >= 0.6 is 0 Å². The molecule has 2 aliphatic heterocycles. The highest BCUT2D eigenvalue weighted by Crippen LogP contribution is 2.30. The summed E-state index contributed by atoms with van der Waals surface area (Å²) in [6, 6.07) is -1.31. The van der Waals surface area contributed by atoms with E-state index in [1.807, 2.05) is 0 Å². The third-order valence-electron chi connectivity index (χ3n) is 14.8. The maximum Gasteiger partial charge on any atom is 0.249 e. The molecular weight excluding hydrogens is 915 g/mol. The van der Waals surface area contributed by atoms with Gasteiger partial charge in [-0.1, -0.05) is 226 Å². The molecule has 2 heterocycles. The minimum Gasteiger partial charge on any atom is -0.394 e. The van der Waals surface area contributed by atoms with E-state index in [0.29, 0.717) is 12.8 Å². The highest BCUT2D eigenvalue weighted by atomic mass is 16.8. The van der Waals surface area contributed by atoms with Gasteiger partial charge >= 0.3 is 0 Å². The molecular formula is C55H107NO15. The number of unbranched alkanes of at least 4 members (excludes halogenated alkanes) is 31. The summed E-state index contributed by atoms with van der Waals surface area (Å²) >= 11 is 0. The molecule has 11 N–H and O–H groups in total. The van der Waals surface area contributed by atoms with Gasteiger partial charge in [0, 0.05) is 0 Å². The minimum absolute atomic E-state index is 0.193. The molecule has 0 aliphatic carbocycles. The predicted molar refractivity (Wildman–Crippen MR) is 275 cm³/mol. The van der Waals surface area contributed by atoms with Crippen molar-refractivity contribution in [2.24, 2.45) is 0 Å². The largest absolute Gasteiger partial charge is 0.394 e. The molecule has 1 amide bonds.